The van der Waals surface area contributed by atoms with Gasteiger partial charge in [-0.2, -0.15) is 0 Å². The summed E-state index contributed by atoms with van der Waals surface area (Å²) < 4.78 is 28.1. The summed E-state index contributed by atoms with van der Waals surface area (Å²) in [5.74, 6) is -0.914. The summed E-state index contributed by atoms with van der Waals surface area (Å²) in [6.07, 6.45) is 15.5. The molecule has 0 saturated heterocycles. The lowest BCUT2D eigenvalue weighted by molar-refractivity contribution is -0.142. The fourth-order valence-corrected chi connectivity index (χ4v) is 12.7. The molecular weight excluding hydrogens is 1040 g/mol. The molecule has 0 aliphatic heterocycles. The van der Waals surface area contributed by atoms with E-state index in [0.29, 0.717) is 25.8 Å². The van der Waals surface area contributed by atoms with Crippen LogP contribution in [-0.4, -0.2) is 169 Å². The number of carboxylic acids is 3. The smallest absolute Gasteiger partial charge is 0.326 e. The van der Waals surface area contributed by atoms with Gasteiger partial charge in [0.05, 0.1) is 49.8 Å². The van der Waals surface area contributed by atoms with E-state index in [9.17, 15) is 38.7 Å². The Balaban J connectivity index is -0.000000916. The van der Waals surface area contributed by atoms with Gasteiger partial charge in [-0.25, -0.2) is 10.7 Å². The van der Waals surface area contributed by atoms with Gasteiger partial charge in [0, 0.05) is 38.9 Å². The quantitative estimate of drug-likeness (QED) is 0.0155. The van der Waals surface area contributed by atoms with Crippen molar-refractivity contribution in [1.82, 2.24) is 21.3 Å². The Kier molecular flexibility index (Phi) is 65.3. The van der Waals surface area contributed by atoms with Crippen LogP contribution in [0.1, 0.15) is 117 Å². The zero-order valence-corrected chi connectivity index (χ0v) is 45.0. The van der Waals surface area contributed by atoms with Crippen LogP contribution >= 0.6 is 64.8 Å². The molecule has 0 aromatic rings. The van der Waals surface area contributed by atoms with Gasteiger partial charge in [-0.05, 0) is 51.0 Å². The molecule has 0 aliphatic carbocycles. The highest BCUT2D eigenvalue weighted by atomic mass is 33.2. The van der Waals surface area contributed by atoms with Crippen molar-refractivity contribution in [1.29, 1.82) is 0 Å². The molecule has 0 heterocycles. The van der Waals surface area contributed by atoms with Crippen LogP contribution in [0.4, 0.5) is 4.70 Å². The number of nitrogens with two attached hydrogens (primary N) is 2. The third kappa shape index (κ3) is 62.2. The molecule has 416 valence electrons. The van der Waals surface area contributed by atoms with Gasteiger partial charge < -0.3 is 66.5 Å². The van der Waals surface area contributed by atoms with Crippen molar-refractivity contribution in [2.75, 3.05) is 95.2 Å². The van der Waals surface area contributed by atoms with Gasteiger partial charge in [-0.15, -0.1) is 0 Å². The zero-order chi connectivity index (χ0) is 52.0. The Morgan fingerprint density at radius 3 is 1.40 bits per heavy atom. The topological polar surface area (TPSA) is 337 Å². The number of hydrogen-bond acceptors (Lipinski definition) is 20. The van der Waals surface area contributed by atoms with E-state index in [1.807, 2.05) is 70.5 Å². The third-order valence-electron chi connectivity index (χ3n) is 8.74. The number of nitrogens with one attached hydrogen (secondary N) is 4. The molecule has 0 aromatic heterocycles. The number of carboxylic acid groups (broad SMARTS) is 3. The predicted molar refractivity (Wildman–Crippen MR) is 286 cm³/mol. The first-order chi connectivity index (χ1) is 33.4. The van der Waals surface area contributed by atoms with Crippen LogP contribution in [-0.2, 0) is 52.5 Å². The van der Waals surface area contributed by atoms with Crippen LogP contribution in [0.5, 0.6) is 0 Å². The predicted octanol–water partition coefficient (Wildman–Crippen LogP) is 5.53. The fraction of sp³-hybridized carbons (Fsp3) is 0.833. The van der Waals surface area contributed by atoms with Crippen molar-refractivity contribution in [3.05, 3.63) is 0 Å². The summed E-state index contributed by atoms with van der Waals surface area (Å²) in [4.78, 5) is 80.9. The van der Waals surface area contributed by atoms with Crippen LogP contribution in [0.25, 0.3) is 0 Å². The van der Waals surface area contributed by atoms with E-state index in [0.717, 1.165) is 57.8 Å². The van der Waals surface area contributed by atoms with Gasteiger partial charge in [-0.1, -0.05) is 124 Å². The second-order valence-electron chi connectivity index (χ2n) is 14.2. The van der Waals surface area contributed by atoms with Gasteiger partial charge in [0.15, 0.2) is 0 Å². The Morgan fingerprint density at radius 2 is 0.957 bits per heavy atom. The highest BCUT2D eigenvalue weighted by molar-refractivity contribution is 8.88. The second-order valence-corrected chi connectivity index (χ2v) is 22.6. The van der Waals surface area contributed by atoms with E-state index in [1.165, 1.54) is 10.2 Å². The number of aliphatic carboxylic acids is 3. The van der Waals surface area contributed by atoms with Crippen LogP contribution in [0, 0.1) is 0 Å². The van der Waals surface area contributed by atoms with Crippen molar-refractivity contribution in [2.24, 2.45) is 11.6 Å². The molecule has 0 saturated carbocycles. The normalized spacial score (nSPS) is 11.3. The van der Waals surface area contributed by atoms with Crippen molar-refractivity contribution in [3.63, 3.8) is 0 Å². The van der Waals surface area contributed by atoms with E-state index in [4.69, 9.17) is 35.8 Å². The lowest BCUT2D eigenvalue weighted by atomic mass is 10.0. The summed E-state index contributed by atoms with van der Waals surface area (Å²) in [7, 11) is 11.4. The number of ether oxygens (including phenoxy) is 4. The first-order valence-electron chi connectivity index (χ1n) is 22.9. The van der Waals surface area contributed by atoms with Crippen LogP contribution < -0.4 is 32.9 Å². The van der Waals surface area contributed by atoms with Gasteiger partial charge in [0.2, 0.25) is 23.6 Å². The van der Waals surface area contributed by atoms with Crippen molar-refractivity contribution in [3.8, 4) is 0 Å². The average Bonchev–Trinajstić information content (AvgIpc) is 3.32. The molecule has 2 atom stereocenters. The summed E-state index contributed by atoms with van der Waals surface area (Å²) in [6, 6.07) is -2.09. The van der Waals surface area contributed by atoms with Gasteiger partial charge in [0.25, 0.3) is 0 Å². The van der Waals surface area contributed by atoms with Crippen molar-refractivity contribution in [2.45, 2.75) is 129 Å². The Labute approximate surface area is 439 Å². The lowest BCUT2D eigenvalue weighted by Crippen LogP contribution is -2.41. The maximum absolute atomic E-state index is 12.2. The Bertz CT molecular complexity index is 1300. The number of amides is 4. The van der Waals surface area contributed by atoms with E-state index in [2.05, 4.69) is 39.7 Å². The first kappa shape index (κ1) is 74.6. The molecule has 12 N–H and O–H groups in total. The fourth-order valence-electron chi connectivity index (χ4n) is 5.29. The van der Waals surface area contributed by atoms with E-state index >= 15 is 0 Å². The number of carbonyl (C=O) groups excluding carboxylic acids is 4. The number of halogens is 1. The highest BCUT2D eigenvalue weighted by Crippen LogP contribution is 2.34. The van der Waals surface area contributed by atoms with E-state index in [1.54, 1.807) is 0 Å². The number of rotatable bonds is 48. The average molecular weight is 1130 g/mol. The number of unbranched alkanes of at least 4 members (excludes halogenated alkanes) is 10. The van der Waals surface area contributed by atoms with Gasteiger partial charge in [-0.3, -0.25) is 33.5 Å². The van der Waals surface area contributed by atoms with Crippen LogP contribution in [0.15, 0.2) is 0 Å². The summed E-state index contributed by atoms with van der Waals surface area (Å²) in [5, 5.41) is 46.3. The minimum absolute atomic E-state index is 0. The van der Waals surface area contributed by atoms with E-state index < -0.39 is 30.0 Å². The molecular formula is C42H85FN6O15S6. The standard InChI is InChI=1S/C37H67N5O14.C4H10S6.CH4.FH.H3NO/c38-29(36(49)50)13-11-12-18-39-33(45)27-55-25-24-54-22-20-41-34(46)28-56-26-23-53-21-19-40-31(43)17-16-30(37(51)52)42-32(44)14-9-7-5-3-1-2-4-6-8-10-15-35(47)48;1-5-7-3-9-10-4-8-6-2;;;1-2/h29-30H,1-28,38H2,(H,39,45)(H,40,43)(H,41,46)(H,42,44)(H,47,48)(H,49,50)(H,51,52);3-4H2,1-2H3;1H4;1H;2H,1H2/t29-,30-;;;;/m0..../s1/i/hD. The SMILES string of the molecule is C.CSSCSSCSSC.F.NO.[2H]N[C@@H](CCCCNC(=O)COCCOCCNC(=O)COCCOCCNC(=O)CC[C@H](NC(=O)CCCCCCCCCCCCC(=O)O)C(=O)O)C(=O)O. The second kappa shape index (κ2) is 61.3. The first-order valence-corrected chi connectivity index (χ1v) is 30.4. The molecule has 0 radical (unpaired) electrons. The molecule has 0 spiro atoms. The van der Waals surface area contributed by atoms with Crippen molar-refractivity contribution >= 4 is 106 Å². The monoisotopic (exact) mass is 1130 g/mol. The molecule has 28 heteroatoms. The van der Waals surface area contributed by atoms with Crippen LogP contribution in [0.3, 0.4) is 0 Å². The molecule has 0 aromatic carbocycles. The molecule has 0 fully saturated rings. The van der Waals surface area contributed by atoms with E-state index in [-0.39, 0.29) is 134 Å². The summed E-state index contributed by atoms with van der Waals surface area (Å²) in [5.41, 5.74) is 1.97. The lowest BCUT2D eigenvalue weighted by Gasteiger charge is -2.14. The minimum Gasteiger partial charge on any atom is -0.481 e. The number of carbonyl (C=O) groups is 7. The van der Waals surface area contributed by atoms with Crippen molar-refractivity contribution < 1.29 is 79.2 Å². The molecule has 70 heavy (non-hydrogen) atoms. The van der Waals surface area contributed by atoms with Gasteiger partial charge in [0.1, 0.15) is 26.7 Å². The molecule has 0 rings (SSSR count). The largest absolute Gasteiger partial charge is 0.481 e. The highest BCUT2D eigenvalue weighted by Gasteiger charge is 2.21. The maximum atomic E-state index is 12.2. The molecule has 0 aliphatic rings. The third-order valence-corrected chi connectivity index (χ3v) is 16.3. The Hall–Kier alpha value is -1.96. The number of hydrogen-bond donors (Lipinski definition) is 10. The minimum atomic E-state index is -1.20. The zero-order valence-electron chi connectivity index (χ0n) is 41.1. The maximum Gasteiger partial charge on any atom is 0.326 e. The Morgan fingerprint density at radius 1 is 0.514 bits per heavy atom. The molecule has 0 unspecified atom stereocenters. The molecule has 21 nitrogen and oxygen atoms in total. The summed E-state index contributed by atoms with van der Waals surface area (Å²) in [6.45, 7) is 1.64. The molecule has 4 amide bonds. The molecule has 0 bridgehead atoms. The summed E-state index contributed by atoms with van der Waals surface area (Å²) >= 11 is 0. The van der Waals surface area contributed by atoms with Gasteiger partial charge >= 0.3 is 17.9 Å². The van der Waals surface area contributed by atoms with Crippen LogP contribution in [0.2, 0.25) is 1.41 Å².